The molecule has 4 heteroatoms. The van der Waals surface area contributed by atoms with Crippen LogP contribution in [-0.2, 0) is 19.9 Å². The summed E-state index contributed by atoms with van der Waals surface area (Å²) in [6, 6.07) is 0.217. The summed E-state index contributed by atoms with van der Waals surface area (Å²) in [6.45, 7) is 8.69. The fourth-order valence-electron chi connectivity index (χ4n) is 1.82. The van der Waals surface area contributed by atoms with E-state index in [9.17, 15) is 0 Å². The van der Waals surface area contributed by atoms with E-state index in [1.54, 1.807) is 0 Å². The number of halogens is 1. The number of aryl methyl sites for hydroxylation is 2. The summed E-state index contributed by atoms with van der Waals surface area (Å²) in [7, 11) is 2.00. The minimum atomic E-state index is 0.165. The second kappa shape index (κ2) is 5.53. The molecule has 0 aliphatic rings. The molecule has 0 aliphatic heterocycles. The molecule has 0 fully saturated rings. The van der Waals surface area contributed by atoms with Crippen molar-refractivity contribution in [2.75, 3.05) is 0 Å². The molecule has 0 aliphatic carbocycles. The number of hydrogen-bond donors (Lipinski definition) is 1. The van der Waals surface area contributed by atoms with Crippen LogP contribution in [0.5, 0.6) is 0 Å². The molecule has 1 aromatic rings. The van der Waals surface area contributed by atoms with Crippen LogP contribution in [-0.4, -0.2) is 15.8 Å². The Morgan fingerprint density at radius 2 is 2.00 bits per heavy atom. The second-order valence-corrected chi connectivity index (χ2v) is 6.49. The van der Waals surface area contributed by atoms with Gasteiger partial charge in [0.1, 0.15) is 0 Å². The fourth-order valence-corrected chi connectivity index (χ4v) is 2.63. The van der Waals surface area contributed by atoms with E-state index < -0.39 is 0 Å². The summed E-state index contributed by atoms with van der Waals surface area (Å²) < 4.78 is 3.13. The van der Waals surface area contributed by atoms with Gasteiger partial charge in [-0.1, -0.05) is 27.7 Å². The highest BCUT2D eigenvalue weighted by molar-refractivity contribution is 9.10. The smallest absolute Gasteiger partial charge is 0.0766 e. The van der Waals surface area contributed by atoms with Crippen molar-refractivity contribution in [1.82, 2.24) is 9.78 Å². The van der Waals surface area contributed by atoms with Crippen molar-refractivity contribution >= 4 is 15.9 Å². The molecule has 0 saturated heterocycles. The Kier molecular flexibility index (Phi) is 4.78. The minimum Gasteiger partial charge on any atom is -0.327 e. The third-order valence-corrected chi connectivity index (χ3v) is 4.22. The van der Waals surface area contributed by atoms with Crippen molar-refractivity contribution in [1.29, 1.82) is 0 Å². The molecular weight excluding hydrogens is 278 g/mol. The highest BCUT2D eigenvalue weighted by atomic mass is 79.9. The van der Waals surface area contributed by atoms with Crippen LogP contribution in [0.4, 0.5) is 0 Å². The molecule has 0 amide bonds. The molecule has 0 spiro atoms. The van der Waals surface area contributed by atoms with E-state index in [4.69, 9.17) is 5.73 Å². The zero-order chi connectivity index (χ0) is 13.2. The Morgan fingerprint density at radius 1 is 1.41 bits per heavy atom. The van der Waals surface area contributed by atoms with Crippen LogP contribution in [0.15, 0.2) is 4.47 Å². The number of nitrogens with zero attached hydrogens (tertiary/aromatic N) is 2. The second-order valence-electron chi connectivity index (χ2n) is 5.70. The van der Waals surface area contributed by atoms with Crippen molar-refractivity contribution in [3.05, 3.63) is 15.9 Å². The molecule has 1 rings (SSSR count). The normalized spacial score (nSPS) is 14.1. The summed E-state index contributed by atoms with van der Waals surface area (Å²) in [4.78, 5) is 0. The van der Waals surface area contributed by atoms with Gasteiger partial charge in [-0.05, 0) is 40.6 Å². The van der Waals surface area contributed by atoms with E-state index in [2.05, 4.69) is 48.7 Å². The molecule has 0 saturated carbocycles. The van der Waals surface area contributed by atoms with Gasteiger partial charge in [0.25, 0.3) is 0 Å². The molecule has 0 bridgehead atoms. The highest BCUT2D eigenvalue weighted by Crippen LogP contribution is 2.26. The van der Waals surface area contributed by atoms with E-state index in [1.807, 2.05) is 11.7 Å². The Bertz CT molecular complexity index is 377. The third kappa shape index (κ3) is 3.55. The van der Waals surface area contributed by atoms with Crippen LogP contribution in [0.3, 0.4) is 0 Å². The number of rotatable bonds is 4. The molecule has 0 aromatic carbocycles. The summed E-state index contributed by atoms with van der Waals surface area (Å²) in [6.07, 6.45) is 2.92. The molecule has 2 N–H and O–H groups in total. The SMILES string of the molecule is CCc1nn(C)c(CCC(N)C(C)(C)C)c1Br. The first-order valence-electron chi connectivity index (χ1n) is 6.23. The van der Waals surface area contributed by atoms with E-state index in [-0.39, 0.29) is 11.5 Å². The van der Waals surface area contributed by atoms with Crippen LogP contribution < -0.4 is 5.73 Å². The standard InChI is InChI=1S/C13H24BrN3/c1-6-9-12(14)10(17(5)16-9)7-8-11(15)13(2,3)4/h11H,6-8,15H2,1-5H3. The summed E-state index contributed by atoms with van der Waals surface area (Å²) >= 11 is 3.64. The lowest BCUT2D eigenvalue weighted by Crippen LogP contribution is -2.35. The average Bonchev–Trinajstić information content (AvgIpc) is 2.49. The zero-order valence-corrected chi connectivity index (χ0v) is 13.1. The molecule has 0 radical (unpaired) electrons. The zero-order valence-electron chi connectivity index (χ0n) is 11.5. The van der Waals surface area contributed by atoms with Crippen molar-refractivity contribution < 1.29 is 0 Å². The Hall–Kier alpha value is -0.350. The highest BCUT2D eigenvalue weighted by Gasteiger charge is 2.21. The van der Waals surface area contributed by atoms with Crippen LogP contribution in [0.2, 0.25) is 0 Å². The maximum absolute atomic E-state index is 6.19. The molecule has 1 unspecified atom stereocenters. The van der Waals surface area contributed by atoms with Gasteiger partial charge in [-0.25, -0.2) is 0 Å². The van der Waals surface area contributed by atoms with Crippen molar-refractivity contribution in [2.45, 2.75) is 53.0 Å². The van der Waals surface area contributed by atoms with Gasteiger partial charge in [0.15, 0.2) is 0 Å². The molecule has 1 aromatic heterocycles. The first-order valence-corrected chi connectivity index (χ1v) is 7.02. The third-order valence-electron chi connectivity index (χ3n) is 3.31. The molecule has 3 nitrogen and oxygen atoms in total. The van der Waals surface area contributed by atoms with Gasteiger partial charge in [-0.3, -0.25) is 4.68 Å². The van der Waals surface area contributed by atoms with E-state index in [1.165, 1.54) is 5.69 Å². The van der Waals surface area contributed by atoms with Crippen LogP contribution in [0.1, 0.15) is 45.5 Å². The van der Waals surface area contributed by atoms with Crippen molar-refractivity contribution in [2.24, 2.45) is 18.2 Å². The lowest BCUT2D eigenvalue weighted by molar-refractivity contribution is 0.304. The van der Waals surface area contributed by atoms with E-state index in [0.29, 0.717) is 0 Å². The molecular formula is C13H24BrN3. The summed E-state index contributed by atoms with van der Waals surface area (Å²) in [5.41, 5.74) is 8.74. The summed E-state index contributed by atoms with van der Waals surface area (Å²) in [5, 5.41) is 4.50. The fraction of sp³-hybridized carbons (Fsp3) is 0.769. The van der Waals surface area contributed by atoms with E-state index in [0.717, 1.165) is 29.4 Å². The van der Waals surface area contributed by atoms with Gasteiger partial charge in [0, 0.05) is 13.1 Å². The topological polar surface area (TPSA) is 43.8 Å². The Balaban J connectivity index is 2.73. The minimum absolute atomic E-state index is 0.165. The quantitative estimate of drug-likeness (QED) is 0.929. The Morgan fingerprint density at radius 3 is 2.41 bits per heavy atom. The maximum Gasteiger partial charge on any atom is 0.0766 e. The van der Waals surface area contributed by atoms with E-state index >= 15 is 0 Å². The Labute approximate surface area is 113 Å². The van der Waals surface area contributed by atoms with Gasteiger partial charge < -0.3 is 5.73 Å². The van der Waals surface area contributed by atoms with Gasteiger partial charge >= 0.3 is 0 Å². The first-order chi connectivity index (χ1) is 7.77. The van der Waals surface area contributed by atoms with Crippen LogP contribution >= 0.6 is 15.9 Å². The van der Waals surface area contributed by atoms with Crippen molar-refractivity contribution in [3.8, 4) is 0 Å². The van der Waals surface area contributed by atoms with Crippen LogP contribution in [0.25, 0.3) is 0 Å². The predicted molar refractivity (Wildman–Crippen MR) is 76.0 cm³/mol. The molecule has 98 valence electrons. The van der Waals surface area contributed by atoms with Crippen LogP contribution in [0, 0.1) is 5.41 Å². The predicted octanol–water partition coefficient (Wildman–Crippen LogP) is 3.05. The van der Waals surface area contributed by atoms with Gasteiger partial charge in [-0.2, -0.15) is 5.10 Å². The lowest BCUT2D eigenvalue weighted by atomic mass is 9.84. The first kappa shape index (κ1) is 14.7. The lowest BCUT2D eigenvalue weighted by Gasteiger charge is -2.27. The van der Waals surface area contributed by atoms with Gasteiger partial charge in [-0.15, -0.1) is 0 Å². The van der Waals surface area contributed by atoms with Gasteiger partial charge in [0.05, 0.1) is 15.9 Å². The number of nitrogens with two attached hydrogens (primary N) is 1. The molecule has 1 heterocycles. The van der Waals surface area contributed by atoms with Crippen molar-refractivity contribution in [3.63, 3.8) is 0 Å². The number of hydrogen-bond acceptors (Lipinski definition) is 2. The molecule has 17 heavy (non-hydrogen) atoms. The largest absolute Gasteiger partial charge is 0.327 e. The molecule has 1 atom stereocenters. The number of aromatic nitrogens is 2. The summed E-state index contributed by atoms with van der Waals surface area (Å²) in [5.74, 6) is 0. The average molecular weight is 302 g/mol. The maximum atomic E-state index is 6.19. The van der Waals surface area contributed by atoms with Gasteiger partial charge in [0.2, 0.25) is 0 Å². The monoisotopic (exact) mass is 301 g/mol.